The fraction of sp³-hybridized carbons (Fsp3) is 0.435. The zero-order chi connectivity index (χ0) is 21.0. The molecule has 0 amide bonds. The summed E-state index contributed by atoms with van der Waals surface area (Å²) in [4.78, 5) is 13.9. The molecule has 3 rings (SSSR count). The van der Waals surface area contributed by atoms with Crippen molar-refractivity contribution in [2.24, 2.45) is 5.92 Å². The fourth-order valence-corrected chi connectivity index (χ4v) is 4.16. The molecule has 1 fully saturated rings. The molecule has 1 N–H and O–H groups in total. The number of likely N-dealkylation sites (tertiary alicyclic amines) is 1. The predicted molar refractivity (Wildman–Crippen MR) is 111 cm³/mol. The van der Waals surface area contributed by atoms with Crippen LogP contribution in [0.5, 0.6) is 17.2 Å². The van der Waals surface area contributed by atoms with E-state index in [1.807, 2.05) is 18.2 Å². The fourth-order valence-electron chi connectivity index (χ4n) is 4.16. The third kappa shape index (κ3) is 4.48. The molecule has 1 aliphatic heterocycles. The van der Waals surface area contributed by atoms with Gasteiger partial charge in [-0.3, -0.25) is 9.69 Å². The van der Waals surface area contributed by atoms with Crippen molar-refractivity contribution < 1.29 is 24.1 Å². The first-order valence-electron chi connectivity index (χ1n) is 9.81. The van der Waals surface area contributed by atoms with E-state index in [0.29, 0.717) is 30.2 Å². The van der Waals surface area contributed by atoms with Crippen molar-refractivity contribution in [2.75, 3.05) is 34.4 Å². The van der Waals surface area contributed by atoms with Gasteiger partial charge < -0.3 is 19.3 Å². The van der Waals surface area contributed by atoms with E-state index in [9.17, 15) is 9.90 Å². The first-order chi connectivity index (χ1) is 14.0. The molecule has 0 radical (unpaired) electrons. The molecule has 1 aliphatic rings. The molecule has 0 spiro atoms. The minimum absolute atomic E-state index is 0.106. The first-order valence-corrected chi connectivity index (χ1v) is 9.81. The Morgan fingerprint density at radius 1 is 1.07 bits per heavy atom. The maximum absolute atomic E-state index is 11.7. The van der Waals surface area contributed by atoms with Gasteiger partial charge in [0.05, 0.1) is 33.3 Å². The predicted octanol–water partition coefficient (Wildman–Crippen LogP) is 3.91. The molecular weight excluding hydrogens is 370 g/mol. The lowest BCUT2D eigenvalue weighted by atomic mass is 9.90. The lowest BCUT2D eigenvalue weighted by Gasteiger charge is -2.38. The summed E-state index contributed by atoms with van der Waals surface area (Å²) in [5.41, 5.74) is 3.26. The molecule has 6 nitrogen and oxygen atoms in total. The van der Waals surface area contributed by atoms with Crippen LogP contribution >= 0.6 is 0 Å². The highest BCUT2D eigenvalue weighted by molar-refractivity contribution is 5.70. The van der Waals surface area contributed by atoms with Gasteiger partial charge in [-0.15, -0.1) is 0 Å². The second-order valence-corrected chi connectivity index (χ2v) is 7.45. The van der Waals surface area contributed by atoms with Gasteiger partial charge in [0.1, 0.15) is 0 Å². The maximum Gasteiger partial charge on any atom is 0.307 e. The van der Waals surface area contributed by atoms with Gasteiger partial charge >= 0.3 is 5.97 Å². The number of hydrogen-bond acceptors (Lipinski definition) is 5. The van der Waals surface area contributed by atoms with Crippen molar-refractivity contribution >= 4 is 5.97 Å². The summed E-state index contributed by atoms with van der Waals surface area (Å²) in [6, 6.07) is 12.1. The van der Waals surface area contributed by atoms with Gasteiger partial charge in [0.25, 0.3) is 0 Å². The SMILES string of the molecule is COc1cc(C(c2cccc(C)c2)N2CCCC(C(=O)O)C2)cc(OC)c1OC. The molecule has 2 atom stereocenters. The van der Waals surface area contributed by atoms with Crippen LogP contribution in [0.2, 0.25) is 0 Å². The third-order valence-corrected chi connectivity index (χ3v) is 5.53. The standard InChI is InChI=1S/C23H29NO5/c1-15-7-5-8-16(11-15)21(24-10-6-9-17(14-24)23(25)26)18-12-19(27-2)22(29-4)20(13-18)28-3/h5,7-8,11-13,17,21H,6,9-10,14H2,1-4H3,(H,25,26). The van der Waals surface area contributed by atoms with Crippen LogP contribution < -0.4 is 14.2 Å². The Morgan fingerprint density at radius 2 is 1.76 bits per heavy atom. The van der Waals surface area contributed by atoms with E-state index >= 15 is 0 Å². The van der Waals surface area contributed by atoms with Crippen molar-refractivity contribution in [2.45, 2.75) is 25.8 Å². The molecule has 0 aliphatic carbocycles. The highest BCUT2D eigenvalue weighted by Crippen LogP contribution is 2.43. The summed E-state index contributed by atoms with van der Waals surface area (Å²) in [5.74, 6) is 0.627. The molecule has 2 aromatic rings. The Morgan fingerprint density at radius 3 is 2.31 bits per heavy atom. The molecule has 2 unspecified atom stereocenters. The number of rotatable bonds is 7. The quantitative estimate of drug-likeness (QED) is 0.761. The van der Waals surface area contributed by atoms with Crippen molar-refractivity contribution in [3.05, 3.63) is 53.1 Å². The van der Waals surface area contributed by atoms with Gasteiger partial charge in [0, 0.05) is 6.54 Å². The molecule has 0 aromatic heterocycles. The average Bonchev–Trinajstić information content (AvgIpc) is 2.73. The van der Waals surface area contributed by atoms with Crippen molar-refractivity contribution in [3.8, 4) is 17.2 Å². The second kappa shape index (κ2) is 9.18. The zero-order valence-electron chi connectivity index (χ0n) is 17.5. The van der Waals surface area contributed by atoms with E-state index in [4.69, 9.17) is 14.2 Å². The van der Waals surface area contributed by atoms with Crippen LogP contribution in [0, 0.1) is 12.8 Å². The highest BCUT2D eigenvalue weighted by Gasteiger charge is 2.32. The van der Waals surface area contributed by atoms with Crippen LogP contribution in [0.3, 0.4) is 0 Å². The maximum atomic E-state index is 11.7. The molecule has 0 bridgehead atoms. The number of carboxylic acids is 1. The largest absolute Gasteiger partial charge is 0.493 e. The second-order valence-electron chi connectivity index (χ2n) is 7.45. The number of carboxylic acid groups (broad SMARTS) is 1. The summed E-state index contributed by atoms with van der Waals surface area (Å²) >= 11 is 0. The number of benzene rings is 2. The van der Waals surface area contributed by atoms with Crippen LogP contribution in [-0.4, -0.2) is 50.4 Å². The summed E-state index contributed by atoms with van der Waals surface area (Å²) in [7, 11) is 4.79. The number of methoxy groups -OCH3 is 3. The van der Waals surface area contributed by atoms with Gasteiger partial charge in [0.15, 0.2) is 11.5 Å². The van der Waals surface area contributed by atoms with E-state index in [1.54, 1.807) is 21.3 Å². The normalized spacial score (nSPS) is 18.1. The number of ether oxygens (including phenoxy) is 3. The summed E-state index contributed by atoms with van der Waals surface area (Å²) in [6.07, 6.45) is 1.56. The molecule has 0 saturated carbocycles. The smallest absolute Gasteiger partial charge is 0.307 e. The average molecular weight is 399 g/mol. The topological polar surface area (TPSA) is 68.2 Å². The van der Waals surface area contributed by atoms with Crippen molar-refractivity contribution in [1.82, 2.24) is 4.90 Å². The Hall–Kier alpha value is -2.73. The van der Waals surface area contributed by atoms with Gasteiger partial charge in [-0.05, 0) is 49.6 Å². The molecular formula is C23H29NO5. The zero-order valence-corrected chi connectivity index (χ0v) is 17.5. The van der Waals surface area contributed by atoms with Crippen LogP contribution in [0.1, 0.15) is 35.6 Å². The molecule has 2 aromatic carbocycles. The lowest BCUT2D eigenvalue weighted by Crippen LogP contribution is -2.41. The molecule has 1 saturated heterocycles. The van der Waals surface area contributed by atoms with E-state index < -0.39 is 5.97 Å². The molecule has 6 heteroatoms. The number of hydrogen-bond donors (Lipinski definition) is 1. The van der Waals surface area contributed by atoms with Crippen LogP contribution in [0.4, 0.5) is 0 Å². The Kier molecular flexibility index (Phi) is 6.64. The number of carbonyl (C=O) groups is 1. The third-order valence-electron chi connectivity index (χ3n) is 5.53. The Bertz CT molecular complexity index is 841. The monoisotopic (exact) mass is 399 g/mol. The van der Waals surface area contributed by atoms with Gasteiger partial charge in [0.2, 0.25) is 5.75 Å². The molecule has 29 heavy (non-hydrogen) atoms. The Labute approximate surface area is 172 Å². The lowest BCUT2D eigenvalue weighted by molar-refractivity contribution is -0.143. The Balaban J connectivity index is 2.12. The summed E-state index contributed by atoms with van der Waals surface area (Å²) in [5, 5.41) is 9.57. The van der Waals surface area contributed by atoms with E-state index in [2.05, 4.69) is 30.0 Å². The van der Waals surface area contributed by atoms with Gasteiger partial charge in [-0.2, -0.15) is 0 Å². The summed E-state index contributed by atoms with van der Waals surface area (Å²) in [6.45, 7) is 3.40. The van der Waals surface area contributed by atoms with E-state index in [-0.39, 0.29) is 12.0 Å². The number of aliphatic carboxylic acids is 1. The van der Waals surface area contributed by atoms with Crippen LogP contribution in [-0.2, 0) is 4.79 Å². The van der Waals surface area contributed by atoms with Crippen LogP contribution in [0.25, 0.3) is 0 Å². The minimum Gasteiger partial charge on any atom is -0.493 e. The highest BCUT2D eigenvalue weighted by atomic mass is 16.5. The number of nitrogens with zero attached hydrogens (tertiary/aromatic N) is 1. The van der Waals surface area contributed by atoms with Crippen LogP contribution in [0.15, 0.2) is 36.4 Å². The molecule has 1 heterocycles. The number of piperidine rings is 1. The first kappa shape index (κ1) is 21.0. The van der Waals surface area contributed by atoms with Gasteiger partial charge in [-0.25, -0.2) is 0 Å². The number of aryl methyl sites for hydroxylation is 1. The van der Waals surface area contributed by atoms with Crippen molar-refractivity contribution in [1.29, 1.82) is 0 Å². The molecule has 156 valence electrons. The van der Waals surface area contributed by atoms with Gasteiger partial charge in [-0.1, -0.05) is 29.8 Å². The van der Waals surface area contributed by atoms with E-state index in [1.165, 1.54) is 0 Å². The summed E-state index contributed by atoms with van der Waals surface area (Å²) < 4.78 is 16.6. The minimum atomic E-state index is -0.734. The van der Waals surface area contributed by atoms with E-state index in [0.717, 1.165) is 29.7 Å². The van der Waals surface area contributed by atoms with Crippen molar-refractivity contribution in [3.63, 3.8) is 0 Å².